The van der Waals surface area contributed by atoms with Crippen molar-refractivity contribution in [2.45, 2.75) is 38.5 Å². The first-order valence-corrected chi connectivity index (χ1v) is 10.9. The van der Waals surface area contributed by atoms with Gasteiger partial charge in [-0.25, -0.2) is 4.79 Å². The Hall–Kier alpha value is -3.06. The third-order valence-corrected chi connectivity index (χ3v) is 4.78. The zero-order valence-corrected chi connectivity index (χ0v) is 19.4. The lowest BCUT2D eigenvalue weighted by molar-refractivity contribution is 0.0600. The first kappa shape index (κ1) is 27.0. The largest absolute Gasteiger partial charge is 0.497 e. The molecule has 0 heterocycles. The van der Waals surface area contributed by atoms with Gasteiger partial charge in [-0.1, -0.05) is 25.7 Å². The van der Waals surface area contributed by atoms with Gasteiger partial charge < -0.3 is 25.3 Å². The van der Waals surface area contributed by atoms with E-state index in [-0.39, 0.29) is 11.9 Å². The maximum atomic E-state index is 11.9. The van der Waals surface area contributed by atoms with Crippen LogP contribution in [-0.4, -0.2) is 46.3 Å². The Morgan fingerprint density at radius 3 is 1.66 bits per heavy atom. The number of esters is 1. The van der Waals surface area contributed by atoms with Crippen molar-refractivity contribution in [2.75, 3.05) is 34.4 Å². The average molecular weight is 445 g/mol. The molecule has 0 fully saturated rings. The summed E-state index contributed by atoms with van der Waals surface area (Å²) < 4.78 is 14.5. The van der Waals surface area contributed by atoms with Crippen molar-refractivity contribution in [3.63, 3.8) is 0 Å². The van der Waals surface area contributed by atoms with Gasteiger partial charge in [0.1, 0.15) is 11.5 Å². The van der Waals surface area contributed by atoms with Gasteiger partial charge in [0.15, 0.2) is 0 Å². The fourth-order valence-corrected chi connectivity index (χ4v) is 2.87. The predicted molar refractivity (Wildman–Crippen MR) is 126 cm³/mol. The minimum atomic E-state index is -0.336. The molecule has 0 atom stereocenters. The lowest BCUT2D eigenvalue weighted by atomic mass is 10.1. The van der Waals surface area contributed by atoms with E-state index in [0.717, 1.165) is 43.9 Å². The second-order valence-electron chi connectivity index (χ2n) is 7.11. The zero-order chi connectivity index (χ0) is 23.6. The Labute approximate surface area is 191 Å². The highest BCUT2D eigenvalue weighted by Crippen LogP contribution is 2.12. The third-order valence-electron chi connectivity index (χ3n) is 4.78. The maximum absolute atomic E-state index is 11.9. The smallest absolute Gasteiger partial charge is 0.337 e. The van der Waals surface area contributed by atoms with E-state index in [1.165, 1.54) is 26.4 Å². The van der Waals surface area contributed by atoms with Crippen molar-refractivity contribution in [1.82, 2.24) is 5.32 Å². The van der Waals surface area contributed by atoms with Crippen LogP contribution in [0, 0.1) is 0 Å². The molecule has 176 valence electrons. The van der Waals surface area contributed by atoms with Crippen LogP contribution in [0.15, 0.2) is 48.5 Å². The number of hydrogen-bond acceptors (Lipinski definition) is 6. The quantitative estimate of drug-likeness (QED) is 0.376. The van der Waals surface area contributed by atoms with Crippen molar-refractivity contribution in [3.05, 3.63) is 59.7 Å². The molecule has 0 bridgehead atoms. The van der Waals surface area contributed by atoms with Crippen molar-refractivity contribution < 1.29 is 23.8 Å². The lowest BCUT2D eigenvalue weighted by Gasteiger charge is -2.06. The fourth-order valence-electron chi connectivity index (χ4n) is 2.87. The van der Waals surface area contributed by atoms with Crippen LogP contribution in [0.1, 0.15) is 59.2 Å². The van der Waals surface area contributed by atoms with Crippen LogP contribution >= 0.6 is 0 Å². The number of nitrogens with two attached hydrogens (primary N) is 1. The summed E-state index contributed by atoms with van der Waals surface area (Å²) in [6, 6.07) is 13.9. The molecule has 0 aromatic heterocycles. The van der Waals surface area contributed by atoms with Crippen molar-refractivity contribution in [1.29, 1.82) is 0 Å². The molecule has 2 aromatic rings. The molecule has 0 saturated heterocycles. The van der Waals surface area contributed by atoms with Crippen LogP contribution in [0.4, 0.5) is 0 Å². The Bertz CT molecular complexity index is 776. The van der Waals surface area contributed by atoms with Crippen LogP contribution in [-0.2, 0) is 4.74 Å². The number of nitrogens with one attached hydrogen (secondary N) is 1. The number of unbranched alkanes of at least 4 members (excludes halogenated alkanes) is 5. The van der Waals surface area contributed by atoms with Crippen LogP contribution in [0.2, 0.25) is 0 Å². The summed E-state index contributed by atoms with van der Waals surface area (Å²) >= 11 is 0. The van der Waals surface area contributed by atoms with Gasteiger partial charge in [0.2, 0.25) is 0 Å². The van der Waals surface area contributed by atoms with Gasteiger partial charge in [-0.05, 0) is 67.9 Å². The molecule has 0 unspecified atom stereocenters. The molecule has 7 nitrogen and oxygen atoms in total. The lowest BCUT2D eigenvalue weighted by Crippen LogP contribution is -2.24. The molecule has 2 aromatic carbocycles. The van der Waals surface area contributed by atoms with Crippen molar-refractivity contribution >= 4 is 11.9 Å². The van der Waals surface area contributed by atoms with Gasteiger partial charge in [-0.2, -0.15) is 0 Å². The molecule has 0 radical (unpaired) electrons. The standard InChI is InChI=1S/C16H26N2O2.C9H10O3/c1-20-15-10-8-14(9-11-15)16(19)18-13-7-5-3-2-4-6-12-17;1-11-8-5-3-7(4-6-8)9(10)12-2/h8-11H,2-7,12-13,17H2,1H3,(H,18,19);3-6H,1-2H3. The number of methoxy groups -OCH3 is 3. The van der Waals surface area contributed by atoms with Gasteiger partial charge in [0.25, 0.3) is 5.91 Å². The Kier molecular flexibility index (Phi) is 14.0. The van der Waals surface area contributed by atoms with Gasteiger partial charge in [-0.3, -0.25) is 4.79 Å². The highest BCUT2D eigenvalue weighted by atomic mass is 16.5. The first-order chi connectivity index (χ1) is 15.5. The Morgan fingerprint density at radius 2 is 1.19 bits per heavy atom. The van der Waals surface area contributed by atoms with Crippen LogP contribution in [0.3, 0.4) is 0 Å². The minimum absolute atomic E-state index is 0.0178. The highest BCUT2D eigenvalue weighted by molar-refractivity contribution is 5.94. The number of rotatable bonds is 12. The van der Waals surface area contributed by atoms with E-state index < -0.39 is 0 Å². The topological polar surface area (TPSA) is 99.9 Å². The number of hydrogen-bond donors (Lipinski definition) is 2. The molecular weight excluding hydrogens is 408 g/mol. The van der Waals surface area contributed by atoms with Gasteiger partial charge in [-0.15, -0.1) is 0 Å². The van der Waals surface area contributed by atoms with E-state index in [1.807, 2.05) is 0 Å². The molecule has 0 aliphatic rings. The van der Waals surface area contributed by atoms with Crippen molar-refractivity contribution in [2.24, 2.45) is 5.73 Å². The molecule has 32 heavy (non-hydrogen) atoms. The van der Waals surface area contributed by atoms with Gasteiger partial charge >= 0.3 is 5.97 Å². The summed E-state index contributed by atoms with van der Waals surface area (Å²) in [5.74, 6) is 1.13. The molecular formula is C25H36N2O5. The van der Waals surface area contributed by atoms with E-state index in [1.54, 1.807) is 62.8 Å². The average Bonchev–Trinajstić information content (AvgIpc) is 2.85. The van der Waals surface area contributed by atoms with Crippen molar-refractivity contribution in [3.8, 4) is 11.5 Å². The highest BCUT2D eigenvalue weighted by Gasteiger charge is 2.05. The molecule has 2 rings (SSSR count). The number of carbonyl (C=O) groups excluding carboxylic acids is 2. The summed E-state index contributed by atoms with van der Waals surface area (Å²) in [7, 11) is 4.54. The summed E-state index contributed by atoms with van der Waals surface area (Å²) in [4.78, 5) is 22.8. The first-order valence-electron chi connectivity index (χ1n) is 10.9. The Morgan fingerprint density at radius 1 is 0.719 bits per heavy atom. The van der Waals surface area contributed by atoms with E-state index in [0.29, 0.717) is 11.1 Å². The van der Waals surface area contributed by atoms with Crippen LogP contribution < -0.4 is 20.5 Å². The summed E-state index contributed by atoms with van der Waals surface area (Å²) in [6.07, 6.45) is 6.99. The molecule has 3 N–H and O–H groups in total. The molecule has 0 saturated carbocycles. The zero-order valence-electron chi connectivity index (χ0n) is 19.4. The monoisotopic (exact) mass is 444 g/mol. The predicted octanol–water partition coefficient (Wildman–Crippen LogP) is 4.21. The molecule has 0 aliphatic carbocycles. The second kappa shape index (κ2) is 16.6. The van der Waals surface area contributed by atoms with E-state index in [2.05, 4.69) is 10.1 Å². The SMILES string of the molecule is COC(=O)c1ccc(OC)cc1.COc1ccc(C(=O)NCCCCCCCCN)cc1. The third kappa shape index (κ3) is 10.8. The molecule has 0 aliphatic heterocycles. The van der Waals surface area contributed by atoms with Gasteiger partial charge in [0.05, 0.1) is 26.9 Å². The second-order valence-corrected chi connectivity index (χ2v) is 7.11. The summed E-state index contributed by atoms with van der Waals surface area (Å²) in [5, 5.41) is 2.94. The Balaban J connectivity index is 0.000000363. The molecule has 1 amide bonds. The van der Waals surface area contributed by atoms with Crippen LogP contribution in [0.25, 0.3) is 0 Å². The number of amides is 1. The van der Waals surface area contributed by atoms with Crippen LogP contribution in [0.5, 0.6) is 11.5 Å². The van der Waals surface area contributed by atoms with E-state index in [9.17, 15) is 9.59 Å². The summed E-state index contributed by atoms with van der Waals surface area (Å²) in [5.41, 5.74) is 6.64. The summed E-state index contributed by atoms with van der Waals surface area (Å²) in [6.45, 7) is 1.53. The minimum Gasteiger partial charge on any atom is -0.497 e. The van der Waals surface area contributed by atoms with E-state index >= 15 is 0 Å². The molecule has 0 spiro atoms. The number of ether oxygens (including phenoxy) is 3. The van der Waals surface area contributed by atoms with E-state index in [4.69, 9.17) is 15.2 Å². The van der Waals surface area contributed by atoms with Gasteiger partial charge in [0, 0.05) is 12.1 Å². The molecule has 7 heteroatoms. The number of carbonyl (C=O) groups is 2. The number of benzene rings is 2. The maximum Gasteiger partial charge on any atom is 0.337 e. The fraction of sp³-hybridized carbons (Fsp3) is 0.440. The normalized spacial score (nSPS) is 9.88.